The molecule has 0 radical (unpaired) electrons. The normalized spacial score (nSPS) is 12.6. The molecule has 1 unspecified atom stereocenters. The summed E-state index contributed by atoms with van der Waals surface area (Å²) in [6, 6.07) is 2.95. The van der Waals surface area contributed by atoms with Crippen molar-refractivity contribution in [2.24, 2.45) is 5.73 Å². The summed E-state index contributed by atoms with van der Waals surface area (Å²) in [4.78, 5) is 11.0. The van der Waals surface area contributed by atoms with Gasteiger partial charge in [-0.15, -0.1) is 0 Å². The van der Waals surface area contributed by atoms with E-state index in [4.69, 9.17) is 10.2 Å². The second-order valence-electron chi connectivity index (χ2n) is 2.69. The SMILES string of the molecule is Cc1ccc(NC(=O)C(C)N)o1. The zero-order valence-electron chi connectivity index (χ0n) is 7.13. The molecule has 1 aromatic heterocycles. The van der Waals surface area contributed by atoms with Crippen molar-refractivity contribution in [3.8, 4) is 0 Å². The Labute approximate surface area is 70.7 Å². The number of carbonyl (C=O) groups is 1. The molecule has 1 atom stereocenters. The number of amides is 1. The Hall–Kier alpha value is -1.29. The minimum absolute atomic E-state index is 0.246. The van der Waals surface area contributed by atoms with Gasteiger partial charge in [-0.3, -0.25) is 10.1 Å². The first-order valence-electron chi connectivity index (χ1n) is 3.72. The van der Waals surface area contributed by atoms with E-state index in [-0.39, 0.29) is 5.91 Å². The number of rotatable bonds is 2. The van der Waals surface area contributed by atoms with Crippen LogP contribution in [0.3, 0.4) is 0 Å². The molecule has 12 heavy (non-hydrogen) atoms. The molecule has 1 rings (SSSR count). The molecule has 4 nitrogen and oxygen atoms in total. The van der Waals surface area contributed by atoms with E-state index < -0.39 is 6.04 Å². The van der Waals surface area contributed by atoms with Crippen LogP contribution in [0.2, 0.25) is 0 Å². The second-order valence-corrected chi connectivity index (χ2v) is 2.69. The van der Waals surface area contributed by atoms with Crippen LogP contribution in [0.1, 0.15) is 12.7 Å². The van der Waals surface area contributed by atoms with Crippen molar-refractivity contribution in [1.29, 1.82) is 0 Å². The van der Waals surface area contributed by atoms with Gasteiger partial charge < -0.3 is 10.2 Å². The fraction of sp³-hybridized carbons (Fsp3) is 0.375. The number of nitrogens with one attached hydrogen (secondary N) is 1. The smallest absolute Gasteiger partial charge is 0.243 e. The first kappa shape index (κ1) is 8.80. The minimum atomic E-state index is -0.518. The number of hydrogen-bond donors (Lipinski definition) is 2. The third kappa shape index (κ3) is 2.10. The molecule has 0 aliphatic carbocycles. The number of nitrogens with two attached hydrogens (primary N) is 1. The van der Waals surface area contributed by atoms with Crippen LogP contribution >= 0.6 is 0 Å². The minimum Gasteiger partial charge on any atom is -0.446 e. The molecule has 4 heteroatoms. The van der Waals surface area contributed by atoms with E-state index in [1.165, 1.54) is 0 Å². The van der Waals surface area contributed by atoms with Gasteiger partial charge in [-0.2, -0.15) is 0 Å². The Bertz CT molecular complexity index is 278. The maximum Gasteiger partial charge on any atom is 0.243 e. The van der Waals surface area contributed by atoms with E-state index in [1.807, 2.05) is 6.92 Å². The molecule has 3 N–H and O–H groups in total. The van der Waals surface area contributed by atoms with Crippen LogP contribution in [0.4, 0.5) is 5.88 Å². The van der Waals surface area contributed by atoms with Crippen molar-refractivity contribution >= 4 is 11.8 Å². The highest BCUT2D eigenvalue weighted by Crippen LogP contribution is 2.11. The van der Waals surface area contributed by atoms with Crippen LogP contribution < -0.4 is 11.1 Å². The lowest BCUT2D eigenvalue weighted by Gasteiger charge is -2.03. The third-order valence-corrected chi connectivity index (χ3v) is 1.40. The Morgan fingerprint density at radius 2 is 2.33 bits per heavy atom. The Morgan fingerprint density at radius 3 is 2.75 bits per heavy atom. The highest BCUT2D eigenvalue weighted by atomic mass is 16.4. The van der Waals surface area contributed by atoms with E-state index in [9.17, 15) is 4.79 Å². The fourth-order valence-corrected chi connectivity index (χ4v) is 0.737. The van der Waals surface area contributed by atoms with Gasteiger partial charge in [0.15, 0.2) is 5.88 Å². The van der Waals surface area contributed by atoms with E-state index in [1.54, 1.807) is 19.1 Å². The molecule has 0 aliphatic rings. The van der Waals surface area contributed by atoms with Crippen LogP contribution in [-0.2, 0) is 4.79 Å². The van der Waals surface area contributed by atoms with Crippen molar-refractivity contribution < 1.29 is 9.21 Å². The van der Waals surface area contributed by atoms with Gasteiger partial charge >= 0.3 is 0 Å². The summed E-state index contributed by atoms with van der Waals surface area (Å²) < 4.78 is 5.12. The van der Waals surface area contributed by atoms with E-state index in [2.05, 4.69) is 5.32 Å². The first-order valence-corrected chi connectivity index (χ1v) is 3.72. The van der Waals surface area contributed by atoms with E-state index >= 15 is 0 Å². The molecule has 0 aliphatic heterocycles. The van der Waals surface area contributed by atoms with Gasteiger partial charge in [-0.1, -0.05) is 0 Å². The summed E-state index contributed by atoms with van der Waals surface area (Å²) in [5.41, 5.74) is 5.34. The third-order valence-electron chi connectivity index (χ3n) is 1.40. The predicted molar refractivity (Wildman–Crippen MR) is 45.7 cm³/mol. The lowest BCUT2D eigenvalue weighted by Crippen LogP contribution is -2.32. The summed E-state index contributed by atoms with van der Waals surface area (Å²) in [6.45, 7) is 3.42. The summed E-state index contributed by atoms with van der Waals surface area (Å²) in [7, 11) is 0. The highest BCUT2D eigenvalue weighted by Gasteiger charge is 2.08. The van der Waals surface area contributed by atoms with Gasteiger partial charge in [-0.25, -0.2) is 0 Å². The molecule has 0 saturated carbocycles. The number of aryl methyl sites for hydroxylation is 1. The maximum atomic E-state index is 11.0. The van der Waals surface area contributed by atoms with Gasteiger partial charge in [0.2, 0.25) is 5.91 Å². The van der Waals surface area contributed by atoms with Gasteiger partial charge in [0, 0.05) is 6.07 Å². The summed E-state index contributed by atoms with van der Waals surface area (Å²) in [6.07, 6.45) is 0. The van der Waals surface area contributed by atoms with Gasteiger partial charge in [0.1, 0.15) is 5.76 Å². The zero-order valence-corrected chi connectivity index (χ0v) is 7.13. The molecule has 66 valence electrons. The average Bonchev–Trinajstić information content (AvgIpc) is 2.35. The predicted octanol–water partition coefficient (Wildman–Crippen LogP) is 0.874. The number of carbonyl (C=O) groups excluding carboxylic acids is 1. The zero-order chi connectivity index (χ0) is 9.14. The maximum absolute atomic E-state index is 11.0. The van der Waals surface area contributed by atoms with E-state index in [0.717, 1.165) is 5.76 Å². The standard InChI is InChI=1S/C8H12N2O2/c1-5-3-4-7(12-5)10-8(11)6(2)9/h3-4,6H,9H2,1-2H3,(H,10,11). The largest absolute Gasteiger partial charge is 0.446 e. The lowest BCUT2D eigenvalue weighted by atomic mass is 10.3. The molecule has 0 bridgehead atoms. The average molecular weight is 168 g/mol. The number of anilines is 1. The van der Waals surface area contributed by atoms with Crippen LogP contribution in [0.25, 0.3) is 0 Å². The van der Waals surface area contributed by atoms with Crippen LogP contribution in [-0.4, -0.2) is 11.9 Å². The van der Waals surface area contributed by atoms with Crippen molar-refractivity contribution in [3.05, 3.63) is 17.9 Å². The van der Waals surface area contributed by atoms with Crippen molar-refractivity contribution in [1.82, 2.24) is 0 Å². The van der Waals surface area contributed by atoms with Crippen molar-refractivity contribution in [2.45, 2.75) is 19.9 Å². The summed E-state index contributed by atoms with van der Waals surface area (Å²) in [5.74, 6) is 0.953. The molecule has 1 heterocycles. The number of hydrogen-bond acceptors (Lipinski definition) is 3. The molecule has 0 aromatic carbocycles. The molecule has 0 spiro atoms. The molecular formula is C8H12N2O2. The molecule has 1 aromatic rings. The van der Waals surface area contributed by atoms with Crippen LogP contribution in [0.5, 0.6) is 0 Å². The van der Waals surface area contributed by atoms with Crippen LogP contribution in [0.15, 0.2) is 16.5 Å². The highest BCUT2D eigenvalue weighted by molar-refractivity contribution is 5.93. The molecule has 0 fully saturated rings. The van der Waals surface area contributed by atoms with Crippen LogP contribution in [0, 0.1) is 6.92 Å². The number of furan rings is 1. The summed E-state index contributed by atoms with van der Waals surface area (Å²) >= 11 is 0. The first-order chi connectivity index (χ1) is 5.59. The molecular weight excluding hydrogens is 156 g/mol. The van der Waals surface area contributed by atoms with E-state index in [0.29, 0.717) is 5.88 Å². The Morgan fingerprint density at radius 1 is 1.67 bits per heavy atom. The van der Waals surface area contributed by atoms with Gasteiger partial charge in [0.25, 0.3) is 0 Å². The lowest BCUT2D eigenvalue weighted by molar-refractivity contribution is -0.117. The topological polar surface area (TPSA) is 68.3 Å². The van der Waals surface area contributed by atoms with Crippen molar-refractivity contribution in [2.75, 3.05) is 5.32 Å². The fourth-order valence-electron chi connectivity index (χ4n) is 0.737. The molecule has 1 amide bonds. The Kier molecular flexibility index (Phi) is 2.50. The monoisotopic (exact) mass is 168 g/mol. The second kappa shape index (κ2) is 3.40. The quantitative estimate of drug-likeness (QED) is 0.688. The van der Waals surface area contributed by atoms with Gasteiger partial charge in [-0.05, 0) is 19.9 Å². The summed E-state index contributed by atoms with van der Waals surface area (Å²) in [5, 5.41) is 2.53. The molecule has 0 saturated heterocycles. The van der Waals surface area contributed by atoms with Gasteiger partial charge in [0.05, 0.1) is 6.04 Å². The van der Waals surface area contributed by atoms with Crippen molar-refractivity contribution in [3.63, 3.8) is 0 Å². The Balaban J connectivity index is 2.58.